The number of likely N-dealkylation sites (N-methyl/N-ethyl adjacent to an activating group) is 1. The van der Waals surface area contributed by atoms with Crippen LogP contribution in [0.5, 0.6) is 0 Å². The topological polar surface area (TPSA) is 55.2 Å². The number of carbonyl (C=O) groups excluding carboxylic acids is 1. The summed E-state index contributed by atoms with van der Waals surface area (Å²) in [4.78, 5) is 33.9. The summed E-state index contributed by atoms with van der Waals surface area (Å²) in [6, 6.07) is 26.8. The van der Waals surface area contributed by atoms with Gasteiger partial charge in [-0.25, -0.2) is 4.98 Å². The van der Waals surface area contributed by atoms with Gasteiger partial charge in [0, 0.05) is 13.6 Å². The zero-order valence-corrected chi connectivity index (χ0v) is 19.3. The molecule has 0 N–H and O–H groups in total. The number of nitrogens with zero attached hydrogens (tertiary/aromatic N) is 3. The minimum absolute atomic E-state index is 0.00385. The Kier molecular flexibility index (Phi) is 6.68. The standard InChI is InChI=1S/C28H29N3O2/c1-4-24(26-29-23-19-13-12-18-22(23)27(32)30(26)3)31(5-2)28(33)25(20-14-8-6-9-15-20)21-16-10-7-11-17-21/h6-19,24-25H,4-5H2,1-3H3. The molecular formula is C28H29N3O2. The molecule has 1 heterocycles. The second kappa shape index (κ2) is 9.82. The average molecular weight is 440 g/mol. The highest BCUT2D eigenvalue weighted by Gasteiger charge is 2.33. The second-order valence-corrected chi connectivity index (χ2v) is 8.15. The Morgan fingerprint density at radius 2 is 1.42 bits per heavy atom. The van der Waals surface area contributed by atoms with E-state index in [9.17, 15) is 9.59 Å². The Balaban J connectivity index is 1.82. The Labute approximate surface area is 194 Å². The minimum atomic E-state index is -0.432. The smallest absolute Gasteiger partial charge is 0.261 e. The van der Waals surface area contributed by atoms with E-state index in [2.05, 4.69) is 0 Å². The van der Waals surface area contributed by atoms with Gasteiger partial charge in [0.05, 0.1) is 22.9 Å². The third-order valence-electron chi connectivity index (χ3n) is 6.22. The van der Waals surface area contributed by atoms with Crippen LogP contribution in [0.2, 0.25) is 0 Å². The van der Waals surface area contributed by atoms with Crippen molar-refractivity contribution in [2.75, 3.05) is 6.54 Å². The molecule has 1 atom stereocenters. The van der Waals surface area contributed by atoms with Gasteiger partial charge in [-0.3, -0.25) is 14.2 Å². The summed E-state index contributed by atoms with van der Waals surface area (Å²) in [5, 5.41) is 0.583. The summed E-state index contributed by atoms with van der Waals surface area (Å²) in [6.45, 7) is 4.52. The predicted octanol–water partition coefficient (Wildman–Crippen LogP) is 5.07. The van der Waals surface area contributed by atoms with Crippen molar-refractivity contribution in [3.05, 3.63) is 112 Å². The van der Waals surface area contributed by atoms with Crippen molar-refractivity contribution in [2.45, 2.75) is 32.2 Å². The molecule has 1 unspecified atom stereocenters. The summed E-state index contributed by atoms with van der Waals surface area (Å²) in [6.07, 6.45) is 0.647. The molecule has 168 valence electrons. The van der Waals surface area contributed by atoms with Crippen molar-refractivity contribution in [2.24, 2.45) is 7.05 Å². The molecule has 0 fully saturated rings. The summed E-state index contributed by atoms with van der Waals surface area (Å²) in [5.74, 6) is 0.180. The highest BCUT2D eigenvalue weighted by atomic mass is 16.2. The molecule has 1 aromatic heterocycles. The quantitative estimate of drug-likeness (QED) is 0.404. The molecule has 0 radical (unpaired) electrons. The maximum atomic E-state index is 14.1. The molecule has 0 aliphatic rings. The summed E-state index contributed by atoms with van der Waals surface area (Å²) < 4.78 is 1.59. The van der Waals surface area contributed by atoms with E-state index < -0.39 is 5.92 Å². The number of para-hydroxylation sites is 1. The van der Waals surface area contributed by atoms with Gasteiger partial charge in [0.1, 0.15) is 5.82 Å². The lowest BCUT2D eigenvalue weighted by Crippen LogP contribution is -2.41. The van der Waals surface area contributed by atoms with Gasteiger partial charge in [-0.15, -0.1) is 0 Å². The fraction of sp³-hybridized carbons (Fsp3) is 0.250. The first-order chi connectivity index (χ1) is 16.1. The molecule has 5 heteroatoms. The molecule has 0 saturated heterocycles. The monoisotopic (exact) mass is 439 g/mol. The first kappa shape index (κ1) is 22.5. The molecular weight excluding hydrogens is 410 g/mol. The van der Waals surface area contributed by atoms with Gasteiger partial charge in [-0.1, -0.05) is 79.7 Å². The van der Waals surface area contributed by atoms with Crippen LogP contribution in [0.4, 0.5) is 0 Å². The average Bonchev–Trinajstić information content (AvgIpc) is 2.86. The SMILES string of the molecule is CCC(c1nc2ccccc2c(=O)n1C)N(CC)C(=O)C(c1ccccc1)c1ccccc1. The third-order valence-corrected chi connectivity index (χ3v) is 6.22. The van der Waals surface area contributed by atoms with Gasteiger partial charge in [0.15, 0.2) is 0 Å². The maximum absolute atomic E-state index is 14.1. The molecule has 33 heavy (non-hydrogen) atoms. The Morgan fingerprint density at radius 3 is 1.97 bits per heavy atom. The molecule has 5 nitrogen and oxygen atoms in total. The number of hydrogen-bond acceptors (Lipinski definition) is 3. The first-order valence-electron chi connectivity index (χ1n) is 11.4. The lowest BCUT2D eigenvalue weighted by atomic mass is 9.89. The van der Waals surface area contributed by atoms with Crippen molar-refractivity contribution in [1.29, 1.82) is 0 Å². The van der Waals surface area contributed by atoms with E-state index >= 15 is 0 Å². The van der Waals surface area contributed by atoms with Crippen LogP contribution in [0.25, 0.3) is 10.9 Å². The number of benzene rings is 3. The Hall–Kier alpha value is -3.73. The maximum Gasteiger partial charge on any atom is 0.261 e. The zero-order chi connectivity index (χ0) is 23.4. The fourth-order valence-corrected chi connectivity index (χ4v) is 4.54. The van der Waals surface area contributed by atoms with Gasteiger partial charge >= 0.3 is 0 Å². The molecule has 4 rings (SSSR count). The molecule has 0 saturated carbocycles. The van der Waals surface area contributed by atoms with Gasteiger partial charge in [-0.2, -0.15) is 0 Å². The lowest BCUT2D eigenvalue weighted by Gasteiger charge is -2.34. The normalized spacial score (nSPS) is 12.1. The van der Waals surface area contributed by atoms with Crippen molar-refractivity contribution in [1.82, 2.24) is 14.5 Å². The summed E-state index contributed by atoms with van der Waals surface area (Å²) in [7, 11) is 1.74. The van der Waals surface area contributed by atoms with Gasteiger partial charge in [0.25, 0.3) is 5.56 Å². The van der Waals surface area contributed by atoms with E-state index in [1.54, 1.807) is 17.7 Å². The molecule has 1 amide bonds. The molecule has 0 aliphatic heterocycles. The Morgan fingerprint density at radius 1 is 0.879 bits per heavy atom. The van der Waals surface area contributed by atoms with Crippen LogP contribution in [0.1, 0.15) is 49.2 Å². The van der Waals surface area contributed by atoms with Gasteiger partial charge < -0.3 is 4.90 Å². The third kappa shape index (κ3) is 4.31. The Bertz CT molecular complexity index is 1260. The van der Waals surface area contributed by atoms with E-state index in [0.717, 1.165) is 11.1 Å². The van der Waals surface area contributed by atoms with E-state index in [4.69, 9.17) is 4.98 Å². The van der Waals surface area contributed by atoms with Crippen LogP contribution in [0.15, 0.2) is 89.7 Å². The largest absolute Gasteiger partial charge is 0.332 e. The highest BCUT2D eigenvalue weighted by molar-refractivity contribution is 5.87. The van der Waals surface area contributed by atoms with E-state index in [-0.39, 0.29) is 17.5 Å². The fourth-order valence-electron chi connectivity index (χ4n) is 4.54. The molecule has 3 aromatic carbocycles. The van der Waals surface area contributed by atoms with Crippen molar-refractivity contribution >= 4 is 16.8 Å². The minimum Gasteiger partial charge on any atom is -0.332 e. The number of hydrogen-bond donors (Lipinski definition) is 0. The number of rotatable bonds is 7. The highest BCUT2D eigenvalue weighted by Crippen LogP contribution is 2.31. The number of amides is 1. The molecule has 0 spiro atoms. The summed E-state index contributed by atoms with van der Waals surface area (Å²) in [5.41, 5.74) is 2.45. The first-order valence-corrected chi connectivity index (χ1v) is 11.4. The van der Waals surface area contributed by atoms with E-state index in [1.165, 1.54) is 0 Å². The van der Waals surface area contributed by atoms with E-state index in [0.29, 0.717) is 29.7 Å². The zero-order valence-electron chi connectivity index (χ0n) is 19.3. The van der Waals surface area contributed by atoms with Crippen LogP contribution in [0.3, 0.4) is 0 Å². The molecule has 4 aromatic rings. The van der Waals surface area contributed by atoms with Crippen molar-refractivity contribution < 1.29 is 4.79 Å². The molecule has 0 aliphatic carbocycles. The molecule has 0 bridgehead atoms. The lowest BCUT2D eigenvalue weighted by molar-refractivity contribution is -0.134. The van der Waals surface area contributed by atoms with Crippen molar-refractivity contribution in [3.63, 3.8) is 0 Å². The van der Waals surface area contributed by atoms with Crippen LogP contribution < -0.4 is 5.56 Å². The number of aromatic nitrogens is 2. The van der Waals surface area contributed by atoms with Crippen LogP contribution in [0, 0.1) is 0 Å². The van der Waals surface area contributed by atoms with Crippen LogP contribution in [-0.2, 0) is 11.8 Å². The van der Waals surface area contributed by atoms with Crippen molar-refractivity contribution in [3.8, 4) is 0 Å². The number of fused-ring (bicyclic) bond motifs is 1. The predicted molar refractivity (Wildman–Crippen MR) is 132 cm³/mol. The summed E-state index contributed by atoms with van der Waals surface area (Å²) >= 11 is 0. The van der Waals surface area contributed by atoms with Gasteiger partial charge in [-0.05, 0) is 36.6 Å². The van der Waals surface area contributed by atoms with Crippen LogP contribution >= 0.6 is 0 Å². The van der Waals surface area contributed by atoms with Gasteiger partial charge in [0.2, 0.25) is 5.91 Å². The number of carbonyl (C=O) groups is 1. The van der Waals surface area contributed by atoms with E-state index in [1.807, 2.05) is 97.6 Å². The van der Waals surface area contributed by atoms with Crippen LogP contribution in [-0.4, -0.2) is 26.9 Å². The second-order valence-electron chi connectivity index (χ2n) is 8.15.